The molecule has 0 atom stereocenters. The van der Waals surface area contributed by atoms with Crippen LogP contribution in [0.1, 0.15) is 38.5 Å². The summed E-state index contributed by atoms with van der Waals surface area (Å²) < 4.78 is 30.8. The minimum Gasteiger partial charge on any atom is -0.480 e. The molecule has 0 heterocycles. The first-order valence-electron chi connectivity index (χ1n) is 7.31. The zero-order chi connectivity index (χ0) is 16.2. The van der Waals surface area contributed by atoms with Crippen molar-refractivity contribution in [2.45, 2.75) is 50.0 Å². The van der Waals surface area contributed by atoms with Crippen LogP contribution in [-0.2, 0) is 9.53 Å². The van der Waals surface area contributed by atoms with Crippen LogP contribution >= 0.6 is 0 Å². The predicted molar refractivity (Wildman–Crippen MR) is 72.6 cm³/mol. The van der Waals surface area contributed by atoms with Gasteiger partial charge in [-0.05, 0) is 36.5 Å². The molecule has 3 fully saturated rings. The summed E-state index contributed by atoms with van der Waals surface area (Å²) in [5, 5.41) is 11.8. The van der Waals surface area contributed by atoms with Gasteiger partial charge in [-0.2, -0.15) is 0 Å². The molecule has 2 N–H and O–H groups in total. The maximum atomic E-state index is 13.0. The van der Waals surface area contributed by atoms with Crippen molar-refractivity contribution in [2.75, 3.05) is 6.61 Å². The second-order valence-electron chi connectivity index (χ2n) is 7.32. The van der Waals surface area contributed by atoms with E-state index >= 15 is 0 Å². The highest BCUT2D eigenvalue weighted by molar-refractivity contribution is 5.86. The largest absolute Gasteiger partial charge is 0.480 e. The van der Waals surface area contributed by atoms with E-state index in [4.69, 9.17) is 4.74 Å². The molecule has 2 spiro atoms. The predicted octanol–water partition coefficient (Wildman–Crippen LogP) is 2.71. The molecule has 0 aromatic rings. The van der Waals surface area contributed by atoms with Gasteiger partial charge in [-0.15, -0.1) is 0 Å². The Kier molecular flexibility index (Phi) is 3.07. The monoisotopic (exact) mass is 315 g/mol. The first-order valence-corrected chi connectivity index (χ1v) is 7.31. The van der Waals surface area contributed by atoms with Crippen LogP contribution in [0.2, 0.25) is 0 Å². The van der Waals surface area contributed by atoms with Crippen LogP contribution in [-0.4, -0.2) is 35.2 Å². The Balaban J connectivity index is 1.56. The highest BCUT2D eigenvalue weighted by atomic mass is 19.3. The number of hydrogen-bond donors (Lipinski definition) is 2. The number of nitrogens with one attached hydrogen (secondary N) is 1. The molecular formula is C15H19F2NO4. The molecule has 0 aliphatic heterocycles. The van der Waals surface area contributed by atoms with Gasteiger partial charge in [0.25, 0.3) is 0 Å². The average Bonchev–Trinajstić information content (AvgIpc) is 2.28. The number of alkyl halides is 2. The summed E-state index contributed by atoms with van der Waals surface area (Å²) in [5.74, 6) is -3.66. The van der Waals surface area contributed by atoms with Crippen molar-refractivity contribution < 1.29 is 28.2 Å². The van der Waals surface area contributed by atoms with E-state index in [-0.39, 0.29) is 43.1 Å². The van der Waals surface area contributed by atoms with E-state index in [1.54, 1.807) is 0 Å². The Labute approximate surface area is 126 Å². The van der Waals surface area contributed by atoms with Crippen LogP contribution < -0.4 is 5.32 Å². The van der Waals surface area contributed by atoms with E-state index < -0.39 is 23.5 Å². The van der Waals surface area contributed by atoms with Gasteiger partial charge in [0, 0.05) is 12.8 Å². The van der Waals surface area contributed by atoms with E-state index in [0.717, 1.165) is 0 Å². The van der Waals surface area contributed by atoms with Crippen molar-refractivity contribution >= 4 is 12.1 Å². The van der Waals surface area contributed by atoms with Gasteiger partial charge in [-0.1, -0.05) is 12.7 Å². The number of carboxylic acids is 1. The van der Waals surface area contributed by atoms with Gasteiger partial charge in [0.1, 0.15) is 12.1 Å². The molecular weight excluding hydrogens is 296 g/mol. The lowest BCUT2D eigenvalue weighted by Crippen LogP contribution is -2.72. The Morgan fingerprint density at radius 1 is 1.14 bits per heavy atom. The fourth-order valence-corrected chi connectivity index (χ4v) is 4.97. The van der Waals surface area contributed by atoms with Gasteiger partial charge in [0.2, 0.25) is 5.92 Å². The van der Waals surface area contributed by atoms with Crippen LogP contribution in [0.4, 0.5) is 13.6 Å². The second kappa shape index (κ2) is 4.43. The molecule has 122 valence electrons. The van der Waals surface area contributed by atoms with Gasteiger partial charge >= 0.3 is 12.1 Å². The minimum absolute atomic E-state index is 0.00483. The fourth-order valence-electron chi connectivity index (χ4n) is 4.97. The molecule has 3 rings (SSSR count). The number of halogens is 2. The maximum absolute atomic E-state index is 13.0. The van der Waals surface area contributed by atoms with Crippen LogP contribution in [0.25, 0.3) is 0 Å². The summed E-state index contributed by atoms with van der Waals surface area (Å²) >= 11 is 0. The van der Waals surface area contributed by atoms with Crippen molar-refractivity contribution in [3.05, 3.63) is 12.7 Å². The molecule has 22 heavy (non-hydrogen) atoms. The molecule has 0 bridgehead atoms. The van der Waals surface area contributed by atoms with Crippen LogP contribution in [0.15, 0.2) is 12.7 Å². The fraction of sp³-hybridized carbons (Fsp3) is 0.733. The zero-order valence-electron chi connectivity index (χ0n) is 12.2. The zero-order valence-corrected chi connectivity index (χ0v) is 12.2. The first kappa shape index (κ1) is 15.2. The lowest BCUT2D eigenvalue weighted by Gasteiger charge is -2.70. The van der Waals surface area contributed by atoms with Gasteiger partial charge < -0.3 is 15.2 Å². The van der Waals surface area contributed by atoms with Gasteiger partial charge in [-0.3, -0.25) is 0 Å². The quantitative estimate of drug-likeness (QED) is 0.782. The lowest BCUT2D eigenvalue weighted by atomic mass is 9.36. The first-order chi connectivity index (χ1) is 10.1. The molecule has 0 aromatic heterocycles. The molecule has 0 saturated heterocycles. The number of carbonyl (C=O) groups excluding carboxylic acids is 1. The van der Waals surface area contributed by atoms with E-state index in [2.05, 4.69) is 11.9 Å². The number of carboxylic acid groups (broad SMARTS) is 1. The maximum Gasteiger partial charge on any atom is 0.408 e. The third kappa shape index (κ3) is 2.27. The van der Waals surface area contributed by atoms with Crippen molar-refractivity contribution in [1.82, 2.24) is 5.32 Å². The van der Waals surface area contributed by atoms with Gasteiger partial charge in [0.05, 0.1) is 0 Å². The molecule has 3 saturated carbocycles. The Morgan fingerprint density at radius 2 is 1.68 bits per heavy atom. The van der Waals surface area contributed by atoms with E-state index in [1.165, 1.54) is 6.08 Å². The van der Waals surface area contributed by atoms with Crippen molar-refractivity contribution in [2.24, 2.45) is 10.8 Å². The molecule has 3 aliphatic rings. The van der Waals surface area contributed by atoms with Crippen LogP contribution in [0.5, 0.6) is 0 Å². The SMILES string of the molecule is C=CCOC(=O)NC1(C(=O)O)CC2(CC3(CC(F)(F)C3)C2)C1. The summed E-state index contributed by atoms with van der Waals surface area (Å²) in [5.41, 5.74) is -1.83. The smallest absolute Gasteiger partial charge is 0.408 e. The summed E-state index contributed by atoms with van der Waals surface area (Å²) in [7, 11) is 0. The standard InChI is InChI=1S/C15H19F2NO4/c1-2-3-22-11(21)18-14(10(19)20)6-12(7-14)4-13(5-12)8-15(16,17)9-13/h2H,1,3-9H2,(H,18,21)(H,19,20). The number of hydrogen-bond acceptors (Lipinski definition) is 3. The van der Waals surface area contributed by atoms with E-state index in [9.17, 15) is 23.5 Å². The Morgan fingerprint density at radius 3 is 2.14 bits per heavy atom. The normalized spacial score (nSPS) is 27.9. The molecule has 3 aliphatic carbocycles. The molecule has 1 amide bonds. The van der Waals surface area contributed by atoms with Crippen molar-refractivity contribution in [3.8, 4) is 0 Å². The third-order valence-corrected chi connectivity index (χ3v) is 5.20. The lowest BCUT2D eigenvalue weighted by molar-refractivity contribution is -0.260. The van der Waals surface area contributed by atoms with Gasteiger partial charge in [0.15, 0.2) is 0 Å². The third-order valence-electron chi connectivity index (χ3n) is 5.20. The second-order valence-corrected chi connectivity index (χ2v) is 7.32. The minimum atomic E-state index is -2.55. The van der Waals surface area contributed by atoms with Crippen LogP contribution in [0, 0.1) is 10.8 Å². The molecule has 7 heteroatoms. The van der Waals surface area contributed by atoms with Crippen LogP contribution in [0.3, 0.4) is 0 Å². The molecule has 0 radical (unpaired) electrons. The summed E-state index contributed by atoms with van der Waals surface area (Å²) in [4.78, 5) is 23.0. The Bertz CT molecular complexity index is 522. The summed E-state index contributed by atoms with van der Waals surface area (Å²) in [6.07, 6.45) is 2.26. The van der Waals surface area contributed by atoms with Gasteiger partial charge in [-0.25, -0.2) is 18.4 Å². The number of ether oxygens (including phenoxy) is 1. The number of aliphatic carboxylic acids is 1. The van der Waals surface area contributed by atoms with E-state index in [0.29, 0.717) is 12.8 Å². The highest BCUT2D eigenvalue weighted by Gasteiger charge is 2.73. The topological polar surface area (TPSA) is 75.6 Å². The molecule has 0 aromatic carbocycles. The van der Waals surface area contributed by atoms with E-state index in [1.807, 2.05) is 0 Å². The molecule has 0 unspecified atom stereocenters. The number of alkyl carbamates (subject to hydrolysis) is 1. The highest BCUT2D eigenvalue weighted by Crippen LogP contribution is 2.75. The van der Waals surface area contributed by atoms with Crippen molar-refractivity contribution in [1.29, 1.82) is 0 Å². The van der Waals surface area contributed by atoms with Crippen molar-refractivity contribution in [3.63, 3.8) is 0 Å². The number of rotatable bonds is 4. The number of carbonyl (C=O) groups is 2. The average molecular weight is 315 g/mol. The summed E-state index contributed by atoms with van der Waals surface area (Å²) in [6, 6.07) is 0. The summed E-state index contributed by atoms with van der Waals surface area (Å²) in [6.45, 7) is 3.41. The Hall–Kier alpha value is -1.66. The molecule has 5 nitrogen and oxygen atoms in total. The number of amides is 1.